The zero-order valence-electron chi connectivity index (χ0n) is 19.7. The smallest absolute Gasteiger partial charge is 0.339 e. The van der Waals surface area contributed by atoms with E-state index in [4.69, 9.17) is 16.3 Å². The number of esters is 1. The van der Waals surface area contributed by atoms with Crippen molar-refractivity contribution in [2.45, 2.75) is 12.1 Å². The molecule has 3 heterocycles. The molecule has 2 saturated heterocycles. The molecule has 0 spiro atoms. The molecule has 7 nitrogen and oxygen atoms in total. The van der Waals surface area contributed by atoms with Crippen LogP contribution < -0.4 is 4.90 Å². The van der Waals surface area contributed by atoms with Gasteiger partial charge in [0.05, 0.1) is 36.2 Å². The number of methoxy groups -OCH3 is 1. The van der Waals surface area contributed by atoms with Crippen LogP contribution in [0.15, 0.2) is 79.0 Å². The molecule has 0 unspecified atom stereocenters. The van der Waals surface area contributed by atoms with Crippen molar-refractivity contribution in [1.82, 2.24) is 4.90 Å². The molecule has 4 atom stereocenters. The average Bonchev–Trinajstić information content (AvgIpc) is 3.40. The fraction of sp³-hybridized carbons (Fsp3) is 0.172. The number of ketones is 1. The lowest BCUT2D eigenvalue weighted by molar-refractivity contribution is -0.123. The highest BCUT2D eigenvalue weighted by atomic mass is 35.5. The highest BCUT2D eigenvalue weighted by molar-refractivity contribution is 6.30. The summed E-state index contributed by atoms with van der Waals surface area (Å²) in [5.74, 6) is -3.65. The number of amides is 2. The van der Waals surface area contributed by atoms with Gasteiger partial charge in [-0.25, -0.2) is 9.69 Å². The molecule has 184 valence electrons. The van der Waals surface area contributed by atoms with E-state index < -0.39 is 41.7 Å². The van der Waals surface area contributed by atoms with Crippen molar-refractivity contribution in [2.24, 2.45) is 11.8 Å². The van der Waals surface area contributed by atoms with Gasteiger partial charge in [0.2, 0.25) is 11.8 Å². The van der Waals surface area contributed by atoms with Crippen LogP contribution in [0.3, 0.4) is 0 Å². The second-order valence-electron chi connectivity index (χ2n) is 9.22. The monoisotopic (exact) mass is 512 g/mol. The normalized spacial score (nSPS) is 23.5. The molecule has 3 aliphatic rings. The van der Waals surface area contributed by atoms with E-state index >= 15 is 0 Å². The average molecular weight is 513 g/mol. The number of imide groups is 1. The van der Waals surface area contributed by atoms with E-state index in [-0.39, 0.29) is 17.0 Å². The van der Waals surface area contributed by atoms with E-state index in [9.17, 15) is 19.2 Å². The lowest BCUT2D eigenvalue weighted by atomic mass is 9.83. The fourth-order valence-electron chi connectivity index (χ4n) is 5.83. The predicted octanol–water partition coefficient (Wildman–Crippen LogP) is 4.52. The van der Waals surface area contributed by atoms with Crippen LogP contribution in [0.5, 0.6) is 0 Å². The number of hydrogen-bond acceptors (Lipinski definition) is 6. The fourth-order valence-corrected chi connectivity index (χ4v) is 5.96. The Kier molecular flexibility index (Phi) is 5.46. The molecular formula is C29H21ClN2O5. The van der Waals surface area contributed by atoms with Crippen LogP contribution in [0.4, 0.5) is 5.69 Å². The zero-order valence-corrected chi connectivity index (χ0v) is 20.5. The molecule has 3 aromatic carbocycles. The van der Waals surface area contributed by atoms with E-state index in [2.05, 4.69) is 0 Å². The van der Waals surface area contributed by atoms with Crippen LogP contribution in [-0.2, 0) is 14.3 Å². The van der Waals surface area contributed by atoms with Crippen molar-refractivity contribution < 1.29 is 23.9 Å². The molecule has 0 aliphatic carbocycles. The summed E-state index contributed by atoms with van der Waals surface area (Å²) in [6.07, 6.45) is 3.70. The first-order chi connectivity index (χ1) is 17.9. The van der Waals surface area contributed by atoms with Crippen molar-refractivity contribution in [2.75, 3.05) is 12.0 Å². The van der Waals surface area contributed by atoms with Crippen LogP contribution in [0.1, 0.15) is 37.9 Å². The Hall–Kier alpha value is -4.23. The minimum atomic E-state index is -0.942. The molecule has 8 heteroatoms. The summed E-state index contributed by atoms with van der Waals surface area (Å²) in [4.78, 5) is 57.4. The molecule has 2 fully saturated rings. The second-order valence-corrected chi connectivity index (χ2v) is 9.66. The lowest BCUT2D eigenvalue weighted by Crippen LogP contribution is -2.44. The number of para-hydroxylation sites is 1. The quantitative estimate of drug-likeness (QED) is 0.290. The number of Topliss-reactive ketones (excluding diaryl/α,β-unsaturated/α-hetero) is 1. The maximum atomic E-state index is 14.0. The number of ether oxygens (including phenoxy) is 1. The van der Waals surface area contributed by atoms with Gasteiger partial charge < -0.3 is 9.64 Å². The molecule has 0 aromatic heterocycles. The van der Waals surface area contributed by atoms with Crippen molar-refractivity contribution in [3.05, 3.63) is 106 Å². The van der Waals surface area contributed by atoms with Gasteiger partial charge in [0, 0.05) is 16.8 Å². The number of carbonyl (C=O) groups is 4. The first kappa shape index (κ1) is 23.2. The number of nitrogens with zero attached hydrogens (tertiary/aromatic N) is 2. The third-order valence-corrected chi connectivity index (χ3v) is 7.66. The Bertz CT molecular complexity index is 1500. The third-order valence-electron chi connectivity index (χ3n) is 7.41. The lowest BCUT2D eigenvalue weighted by Gasteiger charge is -2.35. The van der Waals surface area contributed by atoms with Crippen molar-refractivity contribution in [3.63, 3.8) is 0 Å². The summed E-state index contributed by atoms with van der Waals surface area (Å²) in [5.41, 5.74) is 2.46. The first-order valence-electron chi connectivity index (χ1n) is 11.8. The van der Waals surface area contributed by atoms with Gasteiger partial charge in [-0.2, -0.15) is 0 Å². The van der Waals surface area contributed by atoms with Crippen LogP contribution in [-0.4, -0.2) is 41.6 Å². The number of halogens is 1. The van der Waals surface area contributed by atoms with E-state index in [0.29, 0.717) is 10.6 Å². The maximum Gasteiger partial charge on any atom is 0.339 e. The van der Waals surface area contributed by atoms with Gasteiger partial charge in [-0.3, -0.25) is 14.4 Å². The number of benzene rings is 3. The summed E-state index contributed by atoms with van der Waals surface area (Å²) in [5, 5.41) is 0.489. The van der Waals surface area contributed by atoms with Gasteiger partial charge >= 0.3 is 5.97 Å². The second kappa shape index (κ2) is 8.71. The molecule has 3 aliphatic heterocycles. The largest absolute Gasteiger partial charge is 0.465 e. The highest BCUT2D eigenvalue weighted by Gasteiger charge is 2.64. The summed E-state index contributed by atoms with van der Waals surface area (Å²) in [6.45, 7) is 0. The summed E-state index contributed by atoms with van der Waals surface area (Å²) < 4.78 is 4.89. The molecule has 0 saturated carbocycles. The Morgan fingerprint density at radius 2 is 1.54 bits per heavy atom. The summed E-state index contributed by atoms with van der Waals surface area (Å²) in [7, 11) is 1.24. The Morgan fingerprint density at radius 3 is 2.30 bits per heavy atom. The number of anilines is 1. The third kappa shape index (κ3) is 3.42. The zero-order chi connectivity index (χ0) is 25.8. The van der Waals surface area contributed by atoms with Gasteiger partial charge in [0.15, 0.2) is 5.78 Å². The predicted molar refractivity (Wildman–Crippen MR) is 137 cm³/mol. The summed E-state index contributed by atoms with van der Waals surface area (Å²) in [6, 6.07) is 19.1. The van der Waals surface area contributed by atoms with Crippen molar-refractivity contribution >= 4 is 46.9 Å². The Balaban J connectivity index is 1.50. The molecule has 0 bridgehead atoms. The Morgan fingerprint density at radius 1 is 0.865 bits per heavy atom. The first-order valence-corrected chi connectivity index (χ1v) is 12.2. The van der Waals surface area contributed by atoms with Gasteiger partial charge in [-0.1, -0.05) is 48.0 Å². The van der Waals surface area contributed by atoms with Gasteiger partial charge in [-0.15, -0.1) is 0 Å². The molecule has 0 N–H and O–H groups in total. The van der Waals surface area contributed by atoms with E-state index in [1.54, 1.807) is 48.7 Å². The number of hydrogen-bond donors (Lipinski definition) is 0. The SMILES string of the molecule is COC(=O)c1ccccc1N1C(=O)[C@@H]2[C@H](C1=O)[C@H]1c3ccccc3C=CN1[C@@H]2C(=O)c1ccc(Cl)cc1. The molecular weight excluding hydrogens is 492 g/mol. The molecule has 0 radical (unpaired) electrons. The number of fused-ring (bicyclic) bond motifs is 5. The minimum absolute atomic E-state index is 0.105. The van der Waals surface area contributed by atoms with E-state index in [0.717, 1.165) is 16.0 Å². The highest BCUT2D eigenvalue weighted by Crippen LogP contribution is 2.54. The number of carbonyl (C=O) groups excluding carboxylic acids is 4. The molecule has 37 heavy (non-hydrogen) atoms. The Labute approximate surface area is 217 Å². The molecule has 3 aromatic rings. The van der Waals surface area contributed by atoms with Crippen LogP contribution in [0.2, 0.25) is 5.02 Å². The van der Waals surface area contributed by atoms with Gasteiger partial charge in [-0.05, 0) is 53.6 Å². The van der Waals surface area contributed by atoms with Gasteiger partial charge in [0.1, 0.15) is 6.04 Å². The van der Waals surface area contributed by atoms with Crippen LogP contribution in [0, 0.1) is 11.8 Å². The van der Waals surface area contributed by atoms with Crippen molar-refractivity contribution in [1.29, 1.82) is 0 Å². The standard InChI is InChI=1S/C29H21ClN2O5/c1-37-29(36)20-8-4-5-9-21(20)32-27(34)22-23(28(32)35)25(26(33)17-10-12-18(30)13-11-17)31-15-14-16-6-2-3-7-19(16)24(22)31/h2-15,22-25H,1H3/t22-,23+,24+,25-/m0/s1. The number of rotatable bonds is 4. The molecule has 2 amide bonds. The minimum Gasteiger partial charge on any atom is -0.465 e. The maximum absolute atomic E-state index is 14.0. The van der Waals surface area contributed by atoms with E-state index in [1.165, 1.54) is 13.2 Å². The van der Waals surface area contributed by atoms with Crippen LogP contribution in [0.25, 0.3) is 6.08 Å². The van der Waals surface area contributed by atoms with E-state index in [1.807, 2.05) is 35.2 Å². The van der Waals surface area contributed by atoms with Gasteiger partial charge in [0.25, 0.3) is 0 Å². The topological polar surface area (TPSA) is 84.0 Å². The summed E-state index contributed by atoms with van der Waals surface area (Å²) >= 11 is 6.04. The molecule has 6 rings (SSSR count). The van der Waals surface area contributed by atoms with Crippen LogP contribution >= 0.6 is 11.6 Å². The van der Waals surface area contributed by atoms with Crippen molar-refractivity contribution in [3.8, 4) is 0 Å².